The molecule has 0 aromatic heterocycles. The smallest absolute Gasteiger partial charge is 0.266 e. The number of carbonyl (C=O) groups is 1. The zero-order valence-electron chi connectivity index (χ0n) is 9.66. The average molecular weight is 242 g/mol. The first-order valence-electron chi connectivity index (χ1n) is 5.07. The van der Waals surface area contributed by atoms with Gasteiger partial charge >= 0.3 is 0 Å². The number of hydroxylamine groups is 1. The lowest BCUT2D eigenvalue weighted by atomic mass is 10.1. The summed E-state index contributed by atoms with van der Waals surface area (Å²) in [7, 11) is 0. The predicted octanol–water partition coefficient (Wildman–Crippen LogP) is 2.81. The Labute approximate surface area is 101 Å². The Kier molecular flexibility index (Phi) is 4.33. The highest BCUT2D eigenvalue weighted by atomic mass is 35.5. The summed E-state index contributed by atoms with van der Waals surface area (Å²) in [5, 5.41) is -0.733. The summed E-state index contributed by atoms with van der Waals surface area (Å²) in [6.07, 6.45) is 0. The third kappa shape index (κ3) is 4.21. The summed E-state index contributed by atoms with van der Waals surface area (Å²) in [6.45, 7) is 5.54. The van der Waals surface area contributed by atoms with E-state index >= 15 is 0 Å². The molecule has 1 unspecified atom stereocenters. The highest BCUT2D eigenvalue weighted by Crippen LogP contribution is 2.20. The van der Waals surface area contributed by atoms with Gasteiger partial charge in [0.05, 0.1) is 5.60 Å². The molecule has 88 valence electrons. The third-order valence-corrected chi connectivity index (χ3v) is 2.23. The van der Waals surface area contributed by atoms with Crippen LogP contribution in [-0.2, 0) is 9.63 Å². The second kappa shape index (κ2) is 5.32. The molecule has 3 nitrogen and oxygen atoms in total. The molecule has 1 amide bonds. The zero-order chi connectivity index (χ0) is 12.2. The van der Waals surface area contributed by atoms with Crippen LogP contribution in [0.2, 0.25) is 0 Å². The summed E-state index contributed by atoms with van der Waals surface area (Å²) in [6, 6.07) is 9.14. The molecule has 0 bridgehead atoms. The molecule has 0 saturated carbocycles. The molecule has 0 heterocycles. The van der Waals surface area contributed by atoms with E-state index in [0.717, 1.165) is 5.56 Å². The maximum Gasteiger partial charge on any atom is 0.266 e. The van der Waals surface area contributed by atoms with Gasteiger partial charge in [0, 0.05) is 0 Å². The van der Waals surface area contributed by atoms with E-state index in [0.29, 0.717) is 0 Å². The van der Waals surface area contributed by atoms with E-state index < -0.39 is 11.0 Å². The Hall–Kier alpha value is -1.06. The van der Waals surface area contributed by atoms with Gasteiger partial charge in [-0.15, -0.1) is 11.6 Å². The van der Waals surface area contributed by atoms with E-state index in [4.69, 9.17) is 16.4 Å². The van der Waals surface area contributed by atoms with Crippen LogP contribution in [0.4, 0.5) is 0 Å². The van der Waals surface area contributed by atoms with Crippen LogP contribution in [0.1, 0.15) is 31.7 Å². The topological polar surface area (TPSA) is 38.3 Å². The summed E-state index contributed by atoms with van der Waals surface area (Å²) >= 11 is 5.99. The second-order valence-electron chi connectivity index (χ2n) is 4.45. The number of amides is 1. The van der Waals surface area contributed by atoms with Crippen LogP contribution in [0.25, 0.3) is 0 Å². The number of rotatable bonds is 3. The van der Waals surface area contributed by atoms with Crippen molar-refractivity contribution in [2.24, 2.45) is 0 Å². The second-order valence-corrected chi connectivity index (χ2v) is 4.89. The van der Waals surface area contributed by atoms with E-state index in [1.807, 2.05) is 39.0 Å². The molecular weight excluding hydrogens is 226 g/mol. The van der Waals surface area contributed by atoms with Gasteiger partial charge in [-0.2, -0.15) is 0 Å². The Morgan fingerprint density at radius 1 is 1.31 bits per heavy atom. The zero-order valence-corrected chi connectivity index (χ0v) is 10.4. The molecule has 1 N–H and O–H groups in total. The predicted molar refractivity (Wildman–Crippen MR) is 64.0 cm³/mol. The van der Waals surface area contributed by atoms with Crippen LogP contribution in [0.3, 0.4) is 0 Å². The van der Waals surface area contributed by atoms with Crippen LogP contribution in [0.5, 0.6) is 0 Å². The minimum absolute atomic E-state index is 0.359. The number of alkyl halides is 1. The molecule has 16 heavy (non-hydrogen) atoms. The van der Waals surface area contributed by atoms with Gasteiger partial charge in [-0.1, -0.05) is 30.3 Å². The van der Waals surface area contributed by atoms with Crippen LogP contribution in [-0.4, -0.2) is 11.5 Å². The quantitative estimate of drug-likeness (QED) is 0.653. The molecule has 0 radical (unpaired) electrons. The fraction of sp³-hybridized carbons (Fsp3) is 0.417. The van der Waals surface area contributed by atoms with Crippen LogP contribution >= 0.6 is 11.6 Å². The lowest BCUT2D eigenvalue weighted by Crippen LogP contribution is -2.35. The number of nitrogens with one attached hydrogen (secondary N) is 1. The molecule has 0 aliphatic rings. The Morgan fingerprint density at radius 3 is 2.38 bits per heavy atom. The minimum atomic E-state index is -0.733. The Morgan fingerprint density at radius 2 is 1.88 bits per heavy atom. The average Bonchev–Trinajstić information content (AvgIpc) is 2.25. The van der Waals surface area contributed by atoms with Crippen molar-refractivity contribution in [1.82, 2.24) is 5.48 Å². The van der Waals surface area contributed by atoms with Gasteiger partial charge in [-0.25, -0.2) is 5.48 Å². The van der Waals surface area contributed by atoms with Gasteiger partial charge < -0.3 is 0 Å². The van der Waals surface area contributed by atoms with Crippen molar-refractivity contribution < 1.29 is 9.63 Å². The van der Waals surface area contributed by atoms with Crippen LogP contribution in [0.15, 0.2) is 30.3 Å². The summed E-state index contributed by atoms with van der Waals surface area (Å²) in [5.74, 6) is -0.359. The summed E-state index contributed by atoms with van der Waals surface area (Å²) in [5.41, 5.74) is 2.67. The first-order valence-corrected chi connectivity index (χ1v) is 5.51. The van der Waals surface area contributed by atoms with E-state index in [9.17, 15) is 4.79 Å². The fourth-order valence-corrected chi connectivity index (χ4v) is 1.22. The van der Waals surface area contributed by atoms with Gasteiger partial charge in [0.25, 0.3) is 5.91 Å². The van der Waals surface area contributed by atoms with Crippen LogP contribution < -0.4 is 5.48 Å². The number of benzene rings is 1. The highest BCUT2D eigenvalue weighted by Gasteiger charge is 2.20. The molecule has 1 aromatic rings. The van der Waals surface area contributed by atoms with Crippen molar-refractivity contribution in [3.8, 4) is 0 Å². The molecule has 0 fully saturated rings. The van der Waals surface area contributed by atoms with Gasteiger partial charge in [-0.05, 0) is 26.3 Å². The van der Waals surface area contributed by atoms with E-state index in [1.165, 1.54) is 0 Å². The van der Waals surface area contributed by atoms with Gasteiger partial charge in [-0.3, -0.25) is 9.63 Å². The van der Waals surface area contributed by atoms with Crippen LogP contribution in [0, 0.1) is 0 Å². The first kappa shape index (κ1) is 13.0. The Balaban J connectivity index is 2.55. The number of halogens is 1. The third-order valence-electron chi connectivity index (χ3n) is 1.78. The number of carbonyl (C=O) groups excluding carboxylic acids is 1. The lowest BCUT2D eigenvalue weighted by Gasteiger charge is -2.20. The van der Waals surface area contributed by atoms with Crippen molar-refractivity contribution in [2.45, 2.75) is 31.7 Å². The SMILES string of the molecule is CC(C)(C)ONC(=O)C(Cl)c1ccccc1. The maximum absolute atomic E-state index is 11.6. The first-order chi connectivity index (χ1) is 7.40. The number of hydrogen-bond acceptors (Lipinski definition) is 2. The van der Waals surface area contributed by atoms with Gasteiger partial charge in [0.15, 0.2) is 0 Å². The lowest BCUT2D eigenvalue weighted by molar-refractivity contribution is -0.145. The fourth-order valence-electron chi connectivity index (χ4n) is 1.03. The molecule has 0 aliphatic carbocycles. The molecule has 1 aromatic carbocycles. The number of hydrogen-bond donors (Lipinski definition) is 1. The van der Waals surface area contributed by atoms with Gasteiger partial charge in [0.2, 0.25) is 0 Å². The van der Waals surface area contributed by atoms with E-state index in [-0.39, 0.29) is 5.91 Å². The molecular formula is C12H16ClNO2. The molecule has 4 heteroatoms. The van der Waals surface area contributed by atoms with Crippen molar-refractivity contribution in [3.63, 3.8) is 0 Å². The van der Waals surface area contributed by atoms with Gasteiger partial charge in [0.1, 0.15) is 5.38 Å². The molecule has 0 spiro atoms. The monoisotopic (exact) mass is 241 g/mol. The Bertz CT molecular complexity index is 346. The standard InChI is InChI=1S/C12H16ClNO2/c1-12(2,3)16-14-11(15)10(13)9-7-5-4-6-8-9/h4-8,10H,1-3H3,(H,14,15). The maximum atomic E-state index is 11.6. The molecule has 0 aliphatic heterocycles. The van der Waals surface area contributed by atoms with Crippen molar-refractivity contribution in [3.05, 3.63) is 35.9 Å². The minimum Gasteiger partial charge on any atom is -0.271 e. The van der Waals surface area contributed by atoms with Crippen molar-refractivity contribution in [1.29, 1.82) is 0 Å². The molecule has 0 saturated heterocycles. The normalized spacial score (nSPS) is 13.2. The van der Waals surface area contributed by atoms with E-state index in [1.54, 1.807) is 12.1 Å². The molecule has 1 rings (SSSR count). The largest absolute Gasteiger partial charge is 0.271 e. The van der Waals surface area contributed by atoms with E-state index in [2.05, 4.69) is 5.48 Å². The van der Waals surface area contributed by atoms with Crippen molar-refractivity contribution >= 4 is 17.5 Å². The highest BCUT2D eigenvalue weighted by molar-refractivity contribution is 6.30. The molecule has 1 atom stereocenters. The summed E-state index contributed by atoms with van der Waals surface area (Å²) < 4.78 is 0. The van der Waals surface area contributed by atoms with Crippen molar-refractivity contribution in [2.75, 3.05) is 0 Å². The summed E-state index contributed by atoms with van der Waals surface area (Å²) in [4.78, 5) is 16.8.